The zero-order chi connectivity index (χ0) is 20.1. The van der Waals surface area contributed by atoms with Crippen LogP contribution >= 0.6 is 11.3 Å². The Morgan fingerprint density at radius 1 is 0.929 bits per heavy atom. The molecule has 28 heavy (non-hydrogen) atoms. The summed E-state index contributed by atoms with van der Waals surface area (Å²) in [5, 5.41) is 7.31. The molecule has 1 aromatic heterocycles. The largest absolute Gasteiger partial charge is 0.465 e. The lowest BCUT2D eigenvalue weighted by atomic mass is 10.1. The summed E-state index contributed by atoms with van der Waals surface area (Å²) in [5.74, 6) is -1.17. The number of carbonyl (C=O) groups excluding carboxylic acids is 3. The first-order valence-electron chi connectivity index (χ1n) is 8.43. The van der Waals surface area contributed by atoms with Gasteiger partial charge < -0.3 is 15.4 Å². The molecule has 6 nitrogen and oxygen atoms in total. The number of anilines is 2. The highest BCUT2D eigenvalue weighted by Gasteiger charge is 2.16. The van der Waals surface area contributed by atoms with Crippen molar-refractivity contribution in [3.63, 3.8) is 0 Å². The molecule has 3 rings (SSSR count). The van der Waals surface area contributed by atoms with Crippen LogP contribution in [0.15, 0.2) is 60.0 Å². The van der Waals surface area contributed by atoms with Gasteiger partial charge in [0.1, 0.15) is 0 Å². The summed E-state index contributed by atoms with van der Waals surface area (Å²) in [7, 11) is 1.29. The molecule has 2 aromatic carbocycles. The number of ether oxygens (including phenoxy) is 1. The Morgan fingerprint density at radius 2 is 1.75 bits per heavy atom. The molecule has 0 spiro atoms. The van der Waals surface area contributed by atoms with E-state index in [1.807, 2.05) is 12.3 Å². The van der Waals surface area contributed by atoms with E-state index in [2.05, 4.69) is 10.6 Å². The molecular formula is C21H18N2O4S. The first-order chi connectivity index (χ1) is 13.5. The van der Waals surface area contributed by atoms with Gasteiger partial charge in [0, 0.05) is 11.3 Å². The van der Waals surface area contributed by atoms with Crippen LogP contribution in [0, 0.1) is 6.92 Å². The van der Waals surface area contributed by atoms with Crippen LogP contribution in [-0.2, 0) is 4.74 Å². The highest BCUT2D eigenvalue weighted by Crippen LogP contribution is 2.21. The predicted octanol–water partition coefficient (Wildman–Crippen LogP) is 4.35. The minimum Gasteiger partial charge on any atom is -0.465 e. The van der Waals surface area contributed by atoms with Gasteiger partial charge in [-0.3, -0.25) is 9.59 Å². The summed E-state index contributed by atoms with van der Waals surface area (Å²) in [6, 6.07) is 15.2. The summed E-state index contributed by atoms with van der Waals surface area (Å²) in [6.45, 7) is 1.85. The van der Waals surface area contributed by atoms with Crippen molar-refractivity contribution in [3.8, 4) is 0 Å². The van der Waals surface area contributed by atoms with E-state index in [0.29, 0.717) is 21.8 Å². The van der Waals surface area contributed by atoms with Crippen LogP contribution in [-0.4, -0.2) is 24.9 Å². The number of benzene rings is 2. The number of methoxy groups -OCH3 is 1. The standard InChI is InChI=1S/C21H18N2O4S/c1-13-8-9-17(16(11-13)21(26)27-2)23-19(24)14-5-3-6-15(12-14)22-20(25)18-7-4-10-28-18/h3-12H,1-2H3,(H,22,25)(H,23,24). The molecule has 0 saturated carbocycles. The van der Waals surface area contributed by atoms with Crippen LogP contribution in [0.5, 0.6) is 0 Å². The minimum absolute atomic E-state index is 0.237. The second-order valence-corrected chi connectivity index (χ2v) is 6.95. The number of nitrogens with one attached hydrogen (secondary N) is 2. The van der Waals surface area contributed by atoms with E-state index in [9.17, 15) is 14.4 Å². The summed E-state index contributed by atoms with van der Waals surface area (Å²) in [5.41, 5.74) is 2.36. The summed E-state index contributed by atoms with van der Waals surface area (Å²) >= 11 is 1.33. The Hall–Kier alpha value is -3.45. The van der Waals surface area contributed by atoms with Gasteiger partial charge >= 0.3 is 5.97 Å². The molecule has 3 aromatic rings. The van der Waals surface area contributed by atoms with Gasteiger partial charge in [0.15, 0.2) is 0 Å². The van der Waals surface area contributed by atoms with Gasteiger partial charge in [-0.05, 0) is 48.7 Å². The van der Waals surface area contributed by atoms with Gasteiger partial charge in [-0.2, -0.15) is 0 Å². The smallest absolute Gasteiger partial charge is 0.339 e. The molecule has 1 heterocycles. The fraction of sp³-hybridized carbons (Fsp3) is 0.0952. The number of hydrogen-bond acceptors (Lipinski definition) is 5. The lowest BCUT2D eigenvalue weighted by Gasteiger charge is -2.11. The van der Waals surface area contributed by atoms with Crippen molar-refractivity contribution >= 4 is 40.5 Å². The van der Waals surface area contributed by atoms with Gasteiger partial charge in [-0.15, -0.1) is 11.3 Å². The maximum atomic E-state index is 12.7. The molecule has 2 N–H and O–H groups in total. The van der Waals surface area contributed by atoms with Crippen molar-refractivity contribution in [3.05, 3.63) is 81.5 Å². The topological polar surface area (TPSA) is 84.5 Å². The van der Waals surface area contributed by atoms with Crippen molar-refractivity contribution in [1.82, 2.24) is 0 Å². The van der Waals surface area contributed by atoms with Crippen LogP contribution in [0.3, 0.4) is 0 Å². The molecule has 2 amide bonds. The Labute approximate surface area is 166 Å². The number of amides is 2. The van der Waals surface area contributed by atoms with E-state index in [0.717, 1.165) is 5.56 Å². The van der Waals surface area contributed by atoms with Crippen LogP contribution in [0.1, 0.15) is 36.0 Å². The minimum atomic E-state index is -0.532. The lowest BCUT2D eigenvalue weighted by molar-refractivity contribution is 0.0601. The first-order valence-corrected chi connectivity index (χ1v) is 9.31. The second-order valence-electron chi connectivity index (χ2n) is 6.01. The van der Waals surface area contributed by atoms with Crippen molar-refractivity contribution < 1.29 is 19.1 Å². The van der Waals surface area contributed by atoms with Crippen molar-refractivity contribution in [2.75, 3.05) is 17.7 Å². The Bertz CT molecular complexity index is 1030. The number of aryl methyl sites for hydroxylation is 1. The predicted molar refractivity (Wildman–Crippen MR) is 109 cm³/mol. The Balaban J connectivity index is 1.79. The molecule has 0 atom stereocenters. The fourth-order valence-electron chi connectivity index (χ4n) is 2.58. The monoisotopic (exact) mass is 394 g/mol. The van der Waals surface area contributed by atoms with Crippen molar-refractivity contribution in [1.29, 1.82) is 0 Å². The molecule has 0 aliphatic carbocycles. The highest BCUT2D eigenvalue weighted by molar-refractivity contribution is 7.12. The number of esters is 1. The van der Waals surface area contributed by atoms with E-state index in [4.69, 9.17) is 4.74 Å². The summed E-state index contributed by atoms with van der Waals surface area (Å²) in [6.07, 6.45) is 0. The van der Waals surface area contributed by atoms with E-state index >= 15 is 0 Å². The van der Waals surface area contributed by atoms with Crippen LogP contribution < -0.4 is 10.6 Å². The maximum absolute atomic E-state index is 12.7. The SMILES string of the molecule is COC(=O)c1cc(C)ccc1NC(=O)c1cccc(NC(=O)c2cccs2)c1. The van der Waals surface area contributed by atoms with E-state index in [1.54, 1.807) is 54.6 Å². The van der Waals surface area contributed by atoms with Gasteiger partial charge in [0.25, 0.3) is 11.8 Å². The third kappa shape index (κ3) is 4.44. The fourth-order valence-corrected chi connectivity index (χ4v) is 3.20. The van der Waals surface area contributed by atoms with Crippen LogP contribution in [0.4, 0.5) is 11.4 Å². The number of rotatable bonds is 5. The van der Waals surface area contributed by atoms with E-state index in [-0.39, 0.29) is 11.5 Å². The summed E-state index contributed by atoms with van der Waals surface area (Å²) in [4.78, 5) is 37.4. The van der Waals surface area contributed by atoms with Gasteiger partial charge in [-0.1, -0.05) is 23.8 Å². The maximum Gasteiger partial charge on any atom is 0.339 e. The molecule has 0 aliphatic rings. The van der Waals surface area contributed by atoms with Crippen molar-refractivity contribution in [2.45, 2.75) is 6.92 Å². The van der Waals surface area contributed by atoms with E-state index < -0.39 is 11.9 Å². The molecule has 0 saturated heterocycles. The first kappa shape index (κ1) is 19.3. The number of carbonyl (C=O) groups is 3. The average Bonchev–Trinajstić information content (AvgIpc) is 3.24. The lowest BCUT2D eigenvalue weighted by Crippen LogP contribution is -2.16. The molecular weight excluding hydrogens is 376 g/mol. The Morgan fingerprint density at radius 3 is 2.46 bits per heavy atom. The second kappa shape index (κ2) is 8.49. The van der Waals surface area contributed by atoms with Gasteiger partial charge in [-0.25, -0.2) is 4.79 Å². The third-order valence-electron chi connectivity index (χ3n) is 3.96. The normalized spacial score (nSPS) is 10.2. The third-order valence-corrected chi connectivity index (χ3v) is 4.82. The average molecular weight is 394 g/mol. The molecule has 0 aliphatic heterocycles. The van der Waals surface area contributed by atoms with Crippen molar-refractivity contribution in [2.24, 2.45) is 0 Å². The highest BCUT2D eigenvalue weighted by atomic mass is 32.1. The quantitative estimate of drug-likeness (QED) is 0.630. The summed E-state index contributed by atoms with van der Waals surface area (Å²) < 4.78 is 4.78. The zero-order valence-corrected chi connectivity index (χ0v) is 16.1. The molecule has 0 bridgehead atoms. The Kier molecular flexibility index (Phi) is 5.86. The van der Waals surface area contributed by atoms with Gasteiger partial charge in [0.05, 0.1) is 23.2 Å². The number of thiophene rings is 1. The molecule has 0 fully saturated rings. The molecule has 0 unspecified atom stereocenters. The van der Waals surface area contributed by atoms with Gasteiger partial charge in [0.2, 0.25) is 0 Å². The molecule has 142 valence electrons. The van der Waals surface area contributed by atoms with E-state index in [1.165, 1.54) is 18.4 Å². The molecule has 0 radical (unpaired) electrons. The van der Waals surface area contributed by atoms with Crippen LogP contribution in [0.25, 0.3) is 0 Å². The molecule has 7 heteroatoms. The zero-order valence-electron chi connectivity index (χ0n) is 15.3. The van der Waals surface area contributed by atoms with Crippen LogP contribution in [0.2, 0.25) is 0 Å². The number of hydrogen-bond donors (Lipinski definition) is 2.